The van der Waals surface area contributed by atoms with Crippen LogP contribution in [0.1, 0.15) is 55.5 Å². The van der Waals surface area contributed by atoms with Crippen molar-refractivity contribution in [2.24, 2.45) is 0 Å². The Morgan fingerprint density at radius 1 is 1.18 bits per heavy atom. The van der Waals surface area contributed by atoms with Crippen LogP contribution in [-0.2, 0) is 0 Å². The molecule has 0 radical (unpaired) electrons. The predicted octanol–water partition coefficient (Wildman–Crippen LogP) is 3.84. The molecule has 0 bridgehead atoms. The molecule has 1 rings (SSSR count). The van der Waals surface area contributed by atoms with Crippen LogP contribution < -0.4 is 4.74 Å². The van der Waals surface area contributed by atoms with Gasteiger partial charge in [0.15, 0.2) is 0 Å². The number of rotatable bonds is 4. The SMILES string of the molecule is CCC(O)c1c(C)cc(OC(C)C)c(C)c1C. The smallest absolute Gasteiger partial charge is 0.123 e. The van der Waals surface area contributed by atoms with Crippen molar-refractivity contribution in [2.75, 3.05) is 0 Å². The van der Waals surface area contributed by atoms with Gasteiger partial charge in [-0.3, -0.25) is 0 Å². The van der Waals surface area contributed by atoms with E-state index in [9.17, 15) is 5.11 Å². The molecule has 17 heavy (non-hydrogen) atoms. The molecular formula is C15H24O2. The minimum atomic E-state index is -0.373. The lowest BCUT2D eigenvalue weighted by Gasteiger charge is -2.21. The second-order valence-electron chi connectivity index (χ2n) is 4.95. The van der Waals surface area contributed by atoms with Gasteiger partial charge in [0.25, 0.3) is 0 Å². The van der Waals surface area contributed by atoms with Crippen LogP contribution in [0.2, 0.25) is 0 Å². The number of aliphatic hydroxyl groups is 1. The lowest BCUT2D eigenvalue weighted by Crippen LogP contribution is -2.10. The molecule has 1 aromatic carbocycles. The fraction of sp³-hybridized carbons (Fsp3) is 0.600. The standard InChI is InChI=1S/C15H24O2/c1-7-13(16)15-10(4)8-14(17-9(2)3)11(5)12(15)6/h8-9,13,16H,7H2,1-6H3. The summed E-state index contributed by atoms with van der Waals surface area (Å²) in [4.78, 5) is 0. The number of hydrogen-bond donors (Lipinski definition) is 1. The van der Waals surface area contributed by atoms with Crippen molar-refractivity contribution in [3.63, 3.8) is 0 Å². The average Bonchev–Trinajstić information content (AvgIpc) is 2.24. The lowest BCUT2D eigenvalue weighted by molar-refractivity contribution is 0.171. The Labute approximate surface area is 105 Å². The van der Waals surface area contributed by atoms with Gasteiger partial charge in [0.05, 0.1) is 12.2 Å². The molecule has 0 saturated heterocycles. The minimum absolute atomic E-state index is 0.175. The number of aryl methyl sites for hydroxylation is 1. The van der Waals surface area contributed by atoms with E-state index in [1.54, 1.807) is 0 Å². The Hall–Kier alpha value is -1.02. The fourth-order valence-corrected chi connectivity index (χ4v) is 2.16. The molecule has 0 heterocycles. The number of hydrogen-bond acceptors (Lipinski definition) is 2. The summed E-state index contributed by atoms with van der Waals surface area (Å²) in [6, 6.07) is 2.04. The maximum absolute atomic E-state index is 10.0. The van der Waals surface area contributed by atoms with E-state index in [2.05, 4.69) is 13.8 Å². The van der Waals surface area contributed by atoms with Gasteiger partial charge in [0.1, 0.15) is 5.75 Å². The molecule has 0 spiro atoms. The average molecular weight is 236 g/mol. The molecule has 1 N–H and O–H groups in total. The molecule has 0 aliphatic heterocycles. The third-order valence-corrected chi connectivity index (χ3v) is 3.19. The maximum atomic E-state index is 10.0. The van der Waals surface area contributed by atoms with Gasteiger partial charge in [0.2, 0.25) is 0 Å². The zero-order valence-electron chi connectivity index (χ0n) is 11.8. The Morgan fingerprint density at radius 3 is 2.24 bits per heavy atom. The summed E-state index contributed by atoms with van der Waals surface area (Å²) >= 11 is 0. The summed E-state index contributed by atoms with van der Waals surface area (Å²) < 4.78 is 5.79. The normalized spacial score (nSPS) is 12.9. The molecule has 0 saturated carbocycles. The van der Waals surface area contributed by atoms with Crippen molar-refractivity contribution in [1.82, 2.24) is 0 Å². The van der Waals surface area contributed by atoms with E-state index >= 15 is 0 Å². The van der Waals surface area contributed by atoms with Gasteiger partial charge in [-0.25, -0.2) is 0 Å². The monoisotopic (exact) mass is 236 g/mol. The summed E-state index contributed by atoms with van der Waals surface area (Å²) in [6.07, 6.45) is 0.544. The summed E-state index contributed by atoms with van der Waals surface area (Å²) in [5.74, 6) is 0.932. The largest absolute Gasteiger partial charge is 0.491 e. The number of benzene rings is 1. The Kier molecular flexibility index (Phi) is 4.58. The van der Waals surface area contributed by atoms with E-state index < -0.39 is 0 Å². The number of aliphatic hydroxyl groups excluding tert-OH is 1. The van der Waals surface area contributed by atoms with E-state index in [1.165, 1.54) is 0 Å². The van der Waals surface area contributed by atoms with Crippen LogP contribution in [-0.4, -0.2) is 11.2 Å². The highest BCUT2D eigenvalue weighted by Crippen LogP contribution is 2.32. The molecule has 0 amide bonds. The van der Waals surface area contributed by atoms with Gasteiger partial charge in [-0.05, 0) is 69.4 Å². The van der Waals surface area contributed by atoms with Crippen LogP contribution in [0.25, 0.3) is 0 Å². The van der Waals surface area contributed by atoms with Crippen molar-refractivity contribution >= 4 is 0 Å². The highest BCUT2D eigenvalue weighted by atomic mass is 16.5. The van der Waals surface area contributed by atoms with Crippen molar-refractivity contribution in [1.29, 1.82) is 0 Å². The molecule has 0 aliphatic rings. The number of ether oxygens (including phenoxy) is 1. The van der Waals surface area contributed by atoms with Crippen molar-refractivity contribution < 1.29 is 9.84 Å². The highest BCUT2D eigenvalue weighted by molar-refractivity contribution is 5.49. The quantitative estimate of drug-likeness (QED) is 0.860. The van der Waals surface area contributed by atoms with Crippen LogP contribution in [0.15, 0.2) is 6.07 Å². The van der Waals surface area contributed by atoms with E-state index in [4.69, 9.17) is 4.74 Å². The fourth-order valence-electron chi connectivity index (χ4n) is 2.16. The van der Waals surface area contributed by atoms with Crippen molar-refractivity contribution in [3.05, 3.63) is 28.3 Å². The van der Waals surface area contributed by atoms with Crippen LogP contribution >= 0.6 is 0 Å². The zero-order chi connectivity index (χ0) is 13.2. The van der Waals surface area contributed by atoms with Crippen LogP contribution in [0.3, 0.4) is 0 Å². The maximum Gasteiger partial charge on any atom is 0.123 e. The van der Waals surface area contributed by atoms with Gasteiger partial charge in [-0.15, -0.1) is 0 Å². The molecule has 96 valence electrons. The molecule has 0 aromatic heterocycles. The first kappa shape index (κ1) is 14.0. The molecular weight excluding hydrogens is 212 g/mol. The molecule has 1 unspecified atom stereocenters. The molecule has 1 atom stereocenters. The minimum Gasteiger partial charge on any atom is -0.491 e. The van der Waals surface area contributed by atoms with E-state index in [0.29, 0.717) is 0 Å². The summed E-state index contributed by atoms with van der Waals surface area (Å²) in [6.45, 7) is 12.2. The van der Waals surface area contributed by atoms with E-state index in [-0.39, 0.29) is 12.2 Å². The molecule has 1 aromatic rings. The first-order valence-electron chi connectivity index (χ1n) is 6.33. The topological polar surface area (TPSA) is 29.5 Å². The second-order valence-corrected chi connectivity index (χ2v) is 4.95. The summed E-state index contributed by atoms with van der Waals surface area (Å²) in [7, 11) is 0. The summed E-state index contributed by atoms with van der Waals surface area (Å²) in [5.41, 5.74) is 4.45. The van der Waals surface area contributed by atoms with Crippen LogP contribution in [0.4, 0.5) is 0 Å². The second kappa shape index (κ2) is 5.54. The van der Waals surface area contributed by atoms with Gasteiger partial charge >= 0.3 is 0 Å². The van der Waals surface area contributed by atoms with E-state index in [1.807, 2.05) is 33.8 Å². The third-order valence-electron chi connectivity index (χ3n) is 3.19. The summed E-state index contributed by atoms with van der Waals surface area (Å²) in [5, 5.41) is 10.0. The van der Waals surface area contributed by atoms with Gasteiger partial charge in [0, 0.05) is 0 Å². The molecule has 2 heteroatoms. The Morgan fingerprint density at radius 2 is 1.76 bits per heavy atom. The first-order valence-corrected chi connectivity index (χ1v) is 6.33. The van der Waals surface area contributed by atoms with Crippen LogP contribution in [0.5, 0.6) is 5.75 Å². The Bertz CT molecular complexity index is 394. The zero-order valence-corrected chi connectivity index (χ0v) is 11.8. The first-order chi connectivity index (χ1) is 7.88. The lowest BCUT2D eigenvalue weighted by atomic mass is 9.92. The van der Waals surface area contributed by atoms with Crippen LogP contribution in [0, 0.1) is 20.8 Å². The van der Waals surface area contributed by atoms with Gasteiger partial charge < -0.3 is 9.84 Å². The van der Waals surface area contributed by atoms with E-state index in [0.717, 1.165) is 34.4 Å². The predicted molar refractivity (Wildman–Crippen MR) is 71.7 cm³/mol. The van der Waals surface area contributed by atoms with Crippen molar-refractivity contribution in [3.8, 4) is 5.75 Å². The highest BCUT2D eigenvalue weighted by Gasteiger charge is 2.16. The van der Waals surface area contributed by atoms with Gasteiger partial charge in [-0.2, -0.15) is 0 Å². The van der Waals surface area contributed by atoms with Crippen molar-refractivity contribution in [2.45, 2.75) is 60.2 Å². The van der Waals surface area contributed by atoms with Gasteiger partial charge in [-0.1, -0.05) is 6.92 Å². The molecule has 0 fully saturated rings. The molecule has 0 aliphatic carbocycles. The molecule has 2 nitrogen and oxygen atoms in total. The Balaban J connectivity index is 3.26. The third kappa shape index (κ3) is 3.01.